The summed E-state index contributed by atoms with van der Waals surface area (Å²) in [6, 6.07) is 17.4. The highest BCUT2D eigenvalue weighted by molar-refractivity contribution is 5.64. The molecule has 1 atom stereocenters. The number of aryl methyl sites for hydroxylation is 1. The average Bonchev–Trinajstić information content (AvgIpc) is 2.93. The van der Waals surface area contributed by atoms with Crippen molar-refractivity contribution in [2.75, 3.05) is 6.61 Å². The lowest BCUT2D eigenvalue weighted by atomic mass is 9.66. The van der Waals surface area contributed by atoms with Crippen LogP contribution < -0.4 is 0 Å². The molecular weight excluding hydrogens is 474 g/mol. The Morgan fingerprint density at radius 1 is 0.868 bits per heavy atom. The van der Waals surface area contributed by atoms with E-state index in [1.54, 1.807) is 0 Å². The molecule has 2 aromatic rings. The number of halogens is 2. The van der Waals surface area contributed by atoms with Crippen molar-refractivity contribution in [3.63, 3.8) is 0 Å². The third-order valence-corrected chi connectivity index (χ3v) is 9.43. The first-order valence-corrected chi connectivity index (χ1v) is 14.9. The second-order valence-electron chi connectivity index (χ2n) is 12.1. The van der Waals surface area contributed by atoms with Gasteiger partial charge < -0.3 is 5.11 Å². The van der Waals surface area contributed by atoms with Crippen LogP contribution in [0.25, 0.3) is 11.1 Å². The van der Waals surface area contributed by atoms with Crippen molar-refractivity contribution >= 4 is 0 Å². The van der Waals surface area contributed by atoms with Crippen LogP contribution in [0.2, 0.25) is 0 Å². The maximum absolute atomic E-state index is 12.2. The molecule has 1 nitrogen and oxygen atoms in total. The Hall–Kier alpha value is -2.26. The molecule has 3 heteroatoms. The van der Waals surface area contributed by atoms with Gasteiger partial charge in [0, 0.05) is 6.61 Å². The van der Waals surface area contributed by atoms with Gasteiger partial charge in [-0.1, -0.05) is 54.1 Å². The molecule has 1 N–H and O–H groups in total. The Balaban J connectivity index is 1.24. The average molecular weight is 521 g/mol. The molecule has 0 amide bonds. The predicted octanol–water partition coefficient (Wildman–Crippen LogP) is 10.1. The van der Waals surface area contributed by atoms with Crippen LogP contribution in [-0.4, -0.2) is 11.7 Å². The summed E-state index contributed by atoms with van der Waals surface area (Å²) in [4.78, 5) is 0. The van der Waals surface area contributed by atoms with Crippen LogP contribution in [0.5, 0.6) is 0 Å². The summed E-state index contributed by atoms with van der Waals surface area (Å²) in [6.45, 7) is 6.56. The fourth-order valence-corrected chi connectivity index (χ4v) is 7.29. The van der Waals surface area contributed by atoms with Crippen molar-refractivity contribution in [2.45, 2.75) is 89.9 Å². The van der Waals surface area contributed by atoms with Crippen LogP contribution in [0.15, 0.2) is 72.8 Å². The topological polar surface area (TPSA) is 20.2 Å². The van der Waals surface area contributed by atoms with E-state index in [2.05, 4.69) is 62.0 Å². The lowest BCUT2D eigenvalue weighted by Crippen LogP contribution is -2.28. The van der Waals surface area contributed by atoms with E-state index in [0.29, 0.717) is 31.3 Å². The number of rotatable bonds is 11. The first-order chi connectivity index (χ1) is 18.4. The van der Waals surface area contributed by atoms with Gasteiger partial charge in [0.15, 0.2) is 0 Å². The van der Waals surface area contributed by atoms with Crippen molar-refractivity contribution in [1.29, 1.82) is 0 Å². The highest BCUT2D eigenvalue weighted by Crippen LogP contribution is 2.46. The van der Waals surface area contributed by atoms with Crippen molar-refractivity contribution < 1.29 is 13.9 Å². The van der Waals surface area contributed by atoms with Crippen LogP contribution in [0.4, 0.5) is 8.78 Å². The zero-order chi connectivity index (χ0) is 26.9. The van der Waals surface area contributed by atoms with E-state index >= 15 is 0 Å². The quantitative estimate of drug-likeness (QED) is 0.292. The van der Waals surface area contributed by atoms with E-state index < -0.39 is 6.08 Å². The number of hydrogen-bond acceptors (Lipinski definition) is 1. The molecule has 2 aliphatic carbocycles. The summed E-state index contributed by atoms with van der Waals surface area (Å²) >= 11 is 0. The maximum atomic E-state index is 12.2. The molecule has 2 aliphatic rings. The van der Waals surface area contributed by atoms with Crippen LogP contribution >= 0.6 is 0 Å². The third kappa shape index (κ3) is 8.12. The molecule has 2 saturated carbocycles. The zero-order valence-corrected chi connectivity index (χ0v) is 23.2. The lowest BCUT2D eigenvalue weighted by Gasteiger charge is -2.40. The summed E-state index contributed by atoms with van der Waals surface area (Å²) in [7, 11) is 0. The van der Waals surface area contributed by atoms with E-state index in [4.69, 9.17) is 0 Å². The molecule has 0 bridgehead atoms. The minimum atomic E-state index is -1.60. The zero-order valence-electron chi connectivity index (χ0n) is 23.2. The monoisotopic (exact) mass is 520 g/mol. The van der Waals surface area contributed by atoms with Gasteiger partial charge in [-0.25, -0.2) is 0 Å². The van der Waals surface area contributed by atoms with Gasteiger partial charge in [-0.2, -0.15) is 8.78 Å². The highest BCUT2D eigenvalue weighted by atomic mass is 19.3. The molecular formula is C35H46F2O. The SMILES string of the molecule is C=C(C)CC(CCO)C1CCC(C2CCC(c3ccc(-c4ccc(CCC=C(F)F)cc4)cc3)CC2)CC1. The predicted molar refractivity (Wildman–Crippen MR) is 155 cm³/mol. The summed E-state index contributed by atoms with van der Waals surface area (Å²) in [5, 5.41) is 9.53. The number of aliphatic hydroxyl groups is 1. The second kappa shape index (κ2) is 14.2. The molecule has 0 saturated heterocycles. The van der Waals surface area contributed by atoms with Gasteiger partial charge in [-0.3, -0.25) is 0 Å². The van der Waals surface area contributed by atoms with Gasteiger partial charge in [0.25, 0.3) is 6.08 Å². The van der Waals surface area contributed by atoms with E-state index in [-0.39, 0.29) is 0 Å². The molecule has 206 valence electrons. The Morgan fingerprint density at radius 2 is 1.42 bits per heavy atom. The largest absolute Gasteiger partial charge is 0.396 e. The Kier molecular flexibility index (Phi) is 10.8. The van der Waals surface area contributed by atoms with Crippen molar-refractivity contribution in [1.82, 2.24) is 0 Å². The molecule has 1 unspecified atom stereocenters. The lowest BCUT2D eigenvalue weighted by molar-refractivity contribution is 0.121. The highest BCUT2D eigenvalue weighted by Gasteiger charge is 2.33. The summed E-state index contributed by atoms with van der Waals surface area (Å²) in [6.07, 6.45) is 13.1. The van der Waals surface area contributed by atoms with E-state index in [1.807, 2.05) is 0 Å². The smallest absolute Gasteiger partial charge is 0.266 e. The van der Waals surface area contributed by atoms with E-state index in [9.17, 15) is 13.9 Å². The molecule has 0 aliphatic heterocycles. The van der Waals surface area contributed by atoms with Crippen molar-refractivity contribution in [2.24, 2.45) is 23.7 Å². The number of hydrogen-bond donors (Lipinski definition) is 1. The number of aliphatic hydroxyl groups excluding tert-OH is 1. The van der Waals surface area contributed by atoms with E-state index in [0.717, 1.165) is 42.2 Å². The Morgan fingerprint density at radius 3 is 1.95 bits per heavy atom. The molecule has 2 aromatic carbocycles. The number of benzene rings is 2. The third-order valence-electron chi connectivity index (χ3n) is 9.43. The Labute approximate surface area is 229 Å². The van der Waals surface area contributed by atoms with Crippen LogP contribution in [0.3, 0.4) is 0 Å². The standard InChI is InChI=1S/C35H46F2O/c1-25(2)24-34(22-23-38)33-20-18-32(19-21-33)31-16-14-30(15-17-31)29-12-10-28(11-13-29)27-8-6-26(7-9-27)4-3-5-35(36)37/h5-13,30-34,38H,1,3-4,14-24H2,2H3. The maximum Gasteiger partial charge on any atom is 0.266 e. The molecule has 0 heterocycles. The Bertz CT molecular complexity index is 1020. The van der Waals surface area contributed by atoms with Gasteiger partial charge in [-0.15, -0.1) is 6.58 Å². The van der Waals surface area contributed by atoms with Gasteiger partial charge in [0.2, 0.25) is 0 Å². The normalized spacial score (nSPS) is 24.5. The molecule has 0 radical (unpaired) electrons. The molecule has 0 aromatic heterocycles. The van der Waals surface area contributed by atoms with Crippen LogP contribution in [0, 0.1) is 23.7 Å². The van der Waals surface area contributed by atoms with Crippen LogP contribution in [-0.2, 0) is 6.42 Å². The van der Waals surface area contributed by atoms with Gasteiger partial charge in [0.1, 0.15) is 0 Å². The van der Waals surface area contributed by atoms with Gasteiger partial charge >= 0.3 is 0 Å². The fraction of sp³-hybridized carbons (Fsp3) is 0.543. The van der Waals surface area contributed by atoms with Gasteiger partial charge in [-0.05, 0) is 142 Å². The minimum absolute atomic E-state index is 0.305. The minimum Gasteiger partial charge on any atom is -0.396 e. The summed E-state index contributed by atoms with van der Waals surface area (Å²) < 4.78 is 24.5. The summed E-state index contributed by atoms with van der Waals surface area (Å²) in [5.41, 5.74) is 6.21. The van der Waals surface area contributed by atoms with Crippen molar-refractivity contribution in [3.05, 3.63) is 84.0 Å². The molecule has 2 fully saturated rings. The fourth-order valence-electron chi connectivity index (χ4n) is 7.29. The second-order valence-corrected chi connectivity index (χ2v) is 12.1. The van der Waals surface area contributed by atoms with Crippen LogP contribution in [0.1, 0.15) is 94.6 Å². The first-order valence-electron chi connectivity index (χ1n) is 14.9. The molecule has 4 rings (SSSR count). The van der Waals surface area contributed by atoms with E-state index in [1.165, 1.54) is 73.6 Å². The first kappa shape index (κ1) is 28.7. The van der Waals surface area contributed by atoms with Gasteiger partial charge in [0.05, 0.1) is 0 Å². The summed E-state index contributed by atoms with van der Waals surface area (Å²) in [5.74, 6) is 3.84. The molecule has 0 spiro atoms. The molecule has 38 heavy (non-hydrogen) atoms. The number of allylic oxidation sites excluding steroid dienone is 2. The van der Waals surface area contributed by atoms with Crippen molar-refractivity contribution in [3.8, 4) is 11.1 Å².